The van der Waals surface area contributed by atoms with Gasteiger partial charge < -0.3 is 0 Å². The molecule has 0 aromatic rings. The summed E-state index contributed by atoms with van der Waals surface area (Å²) < 4.78 is 0. The van der Waals surface area contributed by atoms with Crippen molar-refractivity contribution < 1.29 is 0 Å². The van der Waals surface area contributed by atoms with Gasteiger partial charge in [0.1, 0.15) is 0 Å². The Balaban J connectivity index is 2.19. The molecule has 1 aliphatic rings. The summed E-state index contributed by atoms with van der Waals surface area (Å²) in [4.78, 5) is 0. The summed E-state index contributed by atoms with van der Waals surface area (Å²) >= 11 is 0. The highest BCUT2D eigenvalue weighted by molar-refractivity contribution is 4.69. The molecule has 16 heavy (non-hydrogen) atoms. The lowest BCUT2D eigenvalue weighted by molar-refractivity contribution is 0.261. The van der Waals surface area contributed by atoms with Crippen molar-refractivity contribution in [2.24, 2.45) is 17.8 Å². The zero-order valence-corrected chi connectivity index (χ0v) is 11.8. The quantitative estimate of drug-likeness (QED) is 0.553. The molecule has 0 aliphatic heterocycles. The van der Waals surface area contributed by atoms with Crippen molar-refractivity contribution in [2.45, 2.75) is 85.0 Å². The standard InChI is InChI=1S/C16H32/c1-14(2)10-9-11-15(3)16-12-7-5-4-6-8-13-16/h14-16H,4-13H2,1-3H3. The molecule has 0 spiro atoms. The van der Waals surface area contributed by atoms with Gasteiger partial charge in [-0.15, -0.1) is 0 Å². The third kappa shape index (κ3) is 5.92. The lowest BCUT2D eigenvalue weighted by Gasteiger charge is -2.26. The highest BCUT2D eigenvalue weighted by Crippen LogP contribution is 2.31. The van der Waals surface area contributed by atoms with Crippen LogP contribution in [0.2, 0.25) is 0 Å². The molecule has 0 N–H and O–H groups in total. The Morgan fingerprint density at radius 1 is 0.812 bits per heavy atom. The predicted octanol–water partition coefficient (Wildman–Crippen LogP) is 5.81. The fourth-order valence-electron chi connectivity index (χ4n) is 3.14. The first kappa shape index (κ1) is 14.1. The number of hydrogen-bond acceptors (Lipinski definition) is 0. The van der Waals surface area contributed by atoms with Crippen LogP contribution in [0.3, 0.4) is 0 Å². The smallest absolute Gasteiger partial charge is 0.0388 e. The van der Waals surface area contributed by atoms with Crippen LogP contribution in [0.1, 0.15) is 85.0 Å². The number of rotatable bonds is 5. The summed E-state index contributed by atoms with van der Waals surface area (Å²) in [7, 11) is 0. The van der Waals surface area contributed by atoms with Crippen molar-refractivity contribution in [3.63, 3.8) is 0 Å². The van der Waals surface area contributed by atoms with Crippen LogP contribution in [0.4, 0.5) is 0 Å². The lowest BCUT2D eigenvalue weighted by Crippen LogP contribution is -2.13. The van der Waals surface area contributed by atoms with E-state index in [4.69, 9.17) is 0 Å². The summed E-state index contributed by atoms with van der Waals surface area (Å²) in [6.07, 6.45) is 14.9. The van der Waals surface area contributed by atoms with Gasteiger partial charge >= 0.3 is 0 Å². The van der Waals surface area contributed by atoms with Crippen LogP contribution in [-0.4, -0.2) is 0 Å². The van der Waals surface area contributed by atoms with E-state index in [1.54, 1.807) is 0 Å². The molecule has 0 saturated heterocycles. The van der Waals surface area contributed by atoms with E-state index < -0.39 is 0 Å². The first-order valence-electron chi connectivity index (χ1n) is 7.70. The molecule has 1 saturated carbocycles. The van der Waals surface area contributed by atoms with Crippen LogP contribution in [0.5, 0.6) is 0 Å². The maximum Gasteiger partial charge on any atom is -0.0388 e. The fourth-order valence-corrected chi connectivity index (χ4v) is 3.14. The van der Waals surface area contributed by atoms with Gasteiger partial charge in [0.25, 0.3) is 0 Å². The zero-order chi connectivity index (χ0) is 11.8. The summed E-state index contributed by atoms with van der Waals surface area (Å²) in [6.45, 7) is 7.20. The van der Waals surface area contributed by atoms with Crippen molar-refractivity contribution in [1.82, 2.24) is 0 Å². The van der Waals surface area contributed by atoms with Gasteiger partial charge in [0.05, 0.1) is 0 Å². The second-order valence-electron chi connectivity index (χ2n) is 6.41. The van der Waals surface area contributed by atoms with Crippen molar-refractivity contribution >= 4 is 0 Å². The van der Waals surface area contributed by atoms with Crippen molar-refractivity contribution in [1.29, 1.82) is 0 Å². The second kappa shape index (κ2) is 8.14. The fraction of sp³-hybridized carbons (Fsp3) is 1.00. The first-order valence-corrected chi connectivity index (χ1v) is 7.70. The molecule has 0 nitrogen and oxygen atoms in total. The minimum absolute atomic E-state index is 0.893. The van der Waals surface area contributed by atoms with Gasteiger partial charge in [-0.1, -0.05) is 85.0 Å². The van der Waals surface area contributed by atoms with E-state index >= 15 is 0 Å². The highest BCUT2D eigenvalue weighted by Gasteiger charge is 2.17. The number of hydrogen-bond donors (Lipinski definition) is 0. The molecule has 1 rings (SSSR count). The third-order valence-corrected chi connectivity index (χ3v) is 4.40. The molecule has 1 aliphatic carbocycles. The van der Waals surface area contributed by atoms with E-state index in [0.717, 1.165) is 17.8 Å². The monoisotopic (exact) mass is 224 g/mol. The predicted molar refractivity (Wildman–Crippen MR) is 73.7 cm³/mol. The van der Waals surface area contributed by atoms with Crippen molar-refractivity contribution in [3.05, 3.63) is 0 Å². The minimum atomic E-state index is 0.893. The Kier molecular flexibility index (Phi) is 7.16. The van der Waals surface area contributed by atoms with Gasteiger partial charge in [0.2, 0.25) is 0 Å². The first-order chi connectivity index (χ1) is 7.70. The summed E-state index contributed by atoms with van der Waals surface area (Å²) in [5, 5.41) is 0. The van der Waals surface area contributed by atoms with E-state index in [-0.39, 0.29) is 0 Å². The van der Waals surface area contributed by atoms with Crippen LogP contribution in [-0.2, 0) is 0 Å². The van der Waals surface area contributed by atoms with Gasteiger partial charge in [-0.2, -0.15) is 0 Å². The van der Waals surface area contributed by atoms with Crippen LogP contribution >= 0.6 is 0 Å². The van der Waals surface area contributed by atoms with Crippen molar-refractivity contribution in [3.8, 4) is 0 Å². The molecule has 1 unspecified atom stereocenters. The van der Waals surface area contributed by atoms with E-state index in [1.807, 2.05) is 0 Å². The third-order valence-electron chi connectivity index (χ3n) is 4.40. The molecular weight excluding hydrogens is 192 g/mol. The van der Waals surface area contributed by atoms with Crippen LogP contribution in [0.15, 0.2) is 0 Å². The molecule has 0 heteroatoms. The van der Waals surface area contributed by atoms with Gasteiger partial charge in [0.15, 0.2) is 0 Å². The second-order valence-corrected chi connectivity index (χ2v) is 6.41. The highest BCUT2D eigenvalue weighted by atomic mass is 14.2. The maximum atomic E-state index is 2.51. The Labute approximate surface area is 103 Å². The van der Waals surface area contributed by atoms with Gasteiger partial charge in [-0.3, -0.25) is 0 Å². The SMILES string of the molecule is CC(C)CCCC(C)C1CCCCCCC1. The maximum absolute atomic E-state index is 2.51. The van der Waals surface area contributed by atoms with Crippen LogP contribution in [0.25, 0.3) is 0 Å². The average Bonchev–Trinajstić information content (AvgIpc) is 2.15. The topological polar surface area (TPSA) is 0 Å². The summed E-state index contributed by atoms with van der Waals surface area (Å²) in [6, 6.07) is 0. The van der Waals surface area contributed by atoms with E-state index in [0.29, 0.717) is 0 Å². The van der Waals surface area contributed by atoms with Crippen molar-refractivity contribution in [2.75, 3.05) is 0 Å². The molecule has 96 valence electrons. The molecule has 0 aromatic carbocycles. The normalized spacial score (nSPS) is 21.8. The molecule has 0 radical (unpaired) electrons. The van der Waals surface area contributed by atoms with E-state index in [1.165, 1.54) is 64.2 Å². The van der Waals surface area contributed by atoms with Gasteiger partial charge in [-0.05, 0) is 17.8 Å². The molecular formula is C16H32. The molecule has 0 aromatic heterocycles. The Morgan fingerprint density at radius 3 is 1.94 bits per heavy atom. The average molecular weight is 224 g/mol. The molecule has 1 atom stereocenters. The molecule has 0 bridgehead atoms. The Morgan fingerprint density at radius 2 is 1.38 bits per heavy atom. The summed E-state index contributed by atoms with van der Waals surface area (Å²) in [5.74, 6) is 2.92. The summed E-state index contributed by atoms with van der Waals surface area (Å²) in [5.41, 5.74) is 0. The van der Waals surface area contributed by atoms with E-state index in [2.05, 4.69) is 20.8 Å². The van der Waals surface area contributed by atoms with E-state index in [9.17, 15) is 0 Å². The molecule has 0 amide bonds. The van der Waals surface area contributed by atoms with Crippen LogP contribution in [0, 0.1) is 17.8 Å². The van der Waals surface area contributed by atoms with Gasteiger partial charge in [0, 0.05) is 0 Å². The zero-order valence-electron chi connectivity index (χ0n) is 11.8. The van der Waals surface area contributed by atoms with Crippen LogP contribution < -0.4 is 0 Å². The lowest BCUT2D eigenvalue weighted by atomic mass is 9.80. The Hall–Kier alpha value is 0. The van der Waals surface area contributed by atoms with Gasteiger partial charge in [-0.25, -0.2) is 0 Å². The molecule has 1 fully saturated rings. The molecule has 0 heterocycles. The Bertz CT molecular complexity index is 151. The minimum Gasteiger partial charge on any atom is -0.0628 e. The largest absolute Gasteiger partial charge is 0.0628 e.